The maximum Gasteiger partial charge on any atom is 0.244 e. The van der Waals surface area contributed by atoms with E-state index in [0.717, 1.165) is 5.56 Å². The van der Waals surface area contributed by atoms with E-state index in [2.05, 4.69) is 15.3 Å². The van der Waals surface area contributed by atoms with Gasteiger partial charge in [0.1, 0.15) is 6.54 Å². The van der Waals surface area contributed by atoms with Gasteiger partial charge < -0.3 is 15.0 Å². The summed E-state index contributed by atoms with van der Waals surface area (Å²) in [5.41, 5.74) is 3.59. The van der Waals surface area contributed by atoms with Crippen molar-refractivity contribution in [2.45, 2.75) is 19.8 Å². The quantitative estimate of drug-likeness (QED) is 0.622. The molecule has 0 spiro atoms. The number of benzene rings is 1. The number of ether oxygens (including phenoxy) is 1. The molecule has 0 unspecified atom stereocenters. The highest BCUT2D eigenvalue weighted by Gasteiger charge is 2.35. The van der Waals surface area contributed by atoms with Crippen LogP contribution in [0.15, 0.2) is 54.9 Å². The number of fused-ring (bicyclic) bond motifs is 3. The fraction of sp³-hybridized carbons (Fsp3) is 0.208. The Morgan fingerprint density at radius 3 is 2.53 bits per heavy atom. The summed E-state index contributed by atoms with van der Waals surface area (Å²) in [7, 11) is 1.51. The van der Waals surface area contributed by atoms with Gasteiger partial charge in [0.05, 0.1) is 30.0 Å². The molecule has 1 aliphatic rings. The topological polar surface area (TPSA) is 101 Å². The molecule has 0 saturated heterocycles. The average molecular weight is 430 g/mol. The Labute approximate surface area is 185 Å². The normalized spacial score (nSPS) is 14.8. The molecule has 1 aromatic carbocycles. The van der Waals surface area contributed by atoms with Gasteiger partial charge in [-0.05, 0) is 50.2 Å². The van der Waals surface area contributed by atoms with Crippen LogP contribution in [0.1, 0.15) is 35.8 Å². The minimum atomic E-state index is -0.564. The largest absolute Gasteiger partial charge is 0.480 e. The number of carbonyl (C=O) groups excluding carboxylic acids is 3. The predicted molar refractivity (Wildman–Crippen MR) is 120 cm³/mol. The van der Waals surface area contributed by atoms with Crippen LogP contribution in [-0.2, 0) is 9.59 Å². The van der Waals surface area contributed by atoms with Crippen molar-refractivity contribution in [3.8, 4) is 17.0 Å². The summed E-state index contributed by atoms with van der Waals surface area (Å²) in [5.74, 6) is -0.894. The average Bonchev–Trinajstić information content (AvgIpc) is 2.89. The Hall–Kier alpha value is -4.07. The van der Waals surface area contributed by atoms with Gasteiger partial charge in [-0.3, -0.25) is 19.4 Å². The van der Waals surface area contributed by atoms with Gasteiger partial charge in [0.25, 0.3) is 0 Å². The van der Waals surface area contributed by atoms with Crippen molar-refractivity contribution in [1.29, 1.82) is 0 Å². The van der Waals surface area contributed by atoms with E-state index in [0.29, 0.717) is 34.1 Å². The molecule has 2 amide bonds. The zero-order valence-electron chi connectivity index (χ0n) is 18.0. The molecule has 0 aliphatic carbocycles. The van der Waals surface area contributed by atoms with Crippen molar-refractivity contribution in [2.75, 3.05) is 23.9 Å². The second-order valence-corrected chi connectivity index (χ2v) is 7.48. The SMILES string of the molecule is COc1nccc2c1-c1cccnc1[C@@H](C)C(=O)N2CC(=O)Nc1ccc(C(C)=O)cc1. The lowest BCUT2D eigenvalue weighted by Crippen LogP contribution is -2.40. The summed E-state index contributed by atoms with van der Waals surface area (Å²) in [5, 5.41) is 2.79. The third-order valence-corrected chi connectivity index (χ3v) is 5.41. The third-order valence-electron chi connectivity index (χ3n) is 5.41. The molecule has 4 rings (SSSR count). The first-order chi connectivity index (χ1) is 15.4. The van der Waals surface area contributed by atoms with E-state index in [-0.39, 0.29) is 24.1 Å². The van der Waals surface area contributed by atoms with Crippen LogP contribution in [0.25, 0.3) is 11.1 Å². The molecule has 8 heteroatoms. The summed E-state index contributed by atoms with van der Waals surface area (Å²) in [6, 6.07) is 12.0. The van der Waals surface area contributed by atoms with E-state index >= 15 is 0 Å². The fourth-order valence-corrected chi connectivity index (χ4v) is 3.80. The van der Waals surface area contributed by atoms with Crippen LogP contribution >= 0.6 is 0 Å². The third kappa shape index (κ3) is 3.82. The second-order valence-electron chi connectivity index (χ2n) is 7.48. The number of nitrogens with zero attached hydrogens (tertiary/aromatic N) is 3. The molecule has 3 heterocycles. The molecule has 1 N–H and O–H groups in total. The molecule has 1 aliphatic heterocycles. The highest BCUT2D eigenvalue weighted by Crippen LogP contribution is 2.43. The first-order valence-electron chi connectivity index (χ1n) is 10.1. The molecule has 0 radical (unpaired) electrons. The van der Waals surface area contributed by atoms with Crippen LogP contribution in [0.5, 0.6) is 5.88 Å². The van der Waals surface area contributed by atoms with Gasteiger partial charge in [-0.15, -0.1) is 0 Å². The van der Waals surface area contributed by atoms with Crippen molar-refractivity contribution >= 4 is 29.0 Å². The standard InChI is InChI=1S/C24H22N4O4/c1-14-22-18(5-4-11-25-22)21-19(10-12-26-23(21)32-3)28(24(14)31)13-20(30)27-17-8-6-16(7-9-17)15(2)29/h4-12,14H,13H2,1-3H3,(H,27,30)/t14-/m1/s1. The van der Waals surface area contributed by atoms with Crippen LogP contribution in [0, 0.1) is 0 Å². The molecular weight excluding hydrogens is 408 g/mol. The first-order valence-corrected chi connectivity index (χ1v) is 10.1. The molecule has 0 saturated carbocycles. The molecule has 3 aromatic rings. The summed E-state index contributed by atoms with van der Waals surface area (Å²) in [4.78, 5) is 47.9. The van der Waals surface area contributed by atoms with Crippen LogP contribution in [-0.4, -0.2) is 41.2 Å². The summed E-state index contributed by atoms with van der Waals surface area (Å²) < 4.78 is 5.47. The van der Waals surface area contributed by atoms with Gasteiger partial charge in [-0.2, -0.15) is 0 Å². The number of amides is 2. The number of anilines is 2. The first kappa shape index (κ1) is 21.2. The lowest BCUT2D eigenvalue weighted by Gasteiger charge is -2.24. The fourth-order valence-electron chi connectivity index (χ4n) is 3.80. The maximum atomic E-state index is 13.4. The molecule has 0 bridgehead atoms. The number of carbonyl (C=O) groups is 3. The number of hydrogen-bond acceptors (Lipinski definition) is 6. The zero-order chi connectivity index (χ0) is 22.8. The number of aromatic nitrogens is 2. The van der Waals surface area contributed by atoms with Crippen molar-refractivity contribution in [1.82, 2.24) is 9.97 Å². The van der Waals surface area contributed by atoms with Crippen LogP contribution in [0.2, 0.25) is 0 Å². The Kier molecular flexibility index (Phi) is 5.68. The van der Waals surface area contributed by atoms with Gasteiger partial charge in [0, 0.05) is 29.2 Å². The smallest absolute Gasteiger partial charge is 0.244 e. The predicted octanol–water partition coefficient (Wildman–Crippen LogP) is 3.44. The second kappa shape index (κ2) is 8.58. The van der Waals surface area contributed by atoms with E-state index in [1.807, 2.05) is 6.07 Å². The molecular formula is C24H22N4O4. The highest BCUT2D eigenvalue weighted by atomic mass is 16.5. The zero-order valence-corrected chi connectivity index (χ0v) is 18.0. The highest BCUT2D eigenvalue weighted by molar-refractivity contribution is 6.09. The van der Waals surface area contributed by atoms with E-state index < -0.39 is 5.92 Å². The van der Waals surface area contributed by atoms with E-state index in [1.54, 1.807) is 55.7 Å². The van der Waals surface area contributed by atoms with Crippen molar-refractivity contribution in [2.24, 2.45) is 0 Å². The number of nitrogens with one attached hydrogen (secondary N) is 1. The maximum absolute atomic E-state index is 13.4. The number of rotatable bonds is 5. The van der Waals surface area contributed by atoms with Crippen molar-refractivity contribution in [3.05, 3.63) is 66.1 Å². The Morgan fingerprint density at radius 1 is 1.09 bits per heavy atom. The summed E-state index contributed by atoms with van der Waals surface area (Å²) >= 11 is 0. The minimum absolute atomic E-state index is 0.0561. The Bertz CT molecular complexity index is 1210. The monoisotopic (exact) mass is 430 g/mol. The Morgan fingerprint density at radius 2 is 1.84 bits per heavy atom. The molecule has 2 aromatic heterocycles. The summed E-state index contributed by atoms with van der Waals surface area (Å²) in [6.07, 6.45) is 3.18. The number of methoxy groups -OCH3 is 1. The van der Waals surface area contributed by atoms with Gasteiger partial charge in [-0.1, -0.05) is 6.07 Å². The molecule has 8 nitrogen and oxygen atoms in total. The number of hydrogen-bond donors (Lipinski definition) is 1. The van der Waals surface area contributed by atoms with E-state index in [4.69, 9.17) is 4.74 Å². The molecule has 162 valence electrons. The molecule has 32 heavy (non-hydrogen) atoms. The van der Waals surface area contributed by atoms with Crippen LogP contribution in [0.3, 0.4) is 0 Å². The van der Waals surface area contributed by atoms with Crippen molar-refractivity contribution < 1.29 is 19.1 Å². The van der Waals surface area contributed by atoms with E-state index in [1.165, 1.54) is 18.9 Å². The lowest BCUT2D eigenvalue weighted by molar-refractivity contribution is -0.122. The number of pyridine rings is 2. The number of ketones is 1. The Balaban J connectivity index is 1.69. The minimum Gasteiger partial charge on any atom is -0.480 e. The molecule has 1 atom stereocenters. The van der Waals surface area contributed by atoms with Crippen LogP contribution in [0.4, 0.5) is 11.4 Å². The van der Waals surface area contributed by atoms with Crippen LogP contribution < -0.4 is 15.0 Å². The van der Waals surface area contributed by atoms with Gasteiger partial charge in [-0.25, -0.2) is 4.98 Å². The lowest BCUT2D eigenvalue weighted by atomic mass is 9.98. The van der Waals surface area contributed by atoms with Gasteiger partial charge in [0.2, 0.25) is 17.7 Å². The van der Waals surface area contributed by atoms with Crippen molar-refractivity contribution in [3.63, 3.8) is 0 Å². The summed E-state index contributed by atoms with van der Waals surface area (Å²) in [6.45, 7) is 3.05. The van der Waals surface area contributed by atoms with Gasteiger partial charge >= 0.3 is 0 Å². The van der Waals surface area contributed by atoms with E-state index in [9.17, 15) is 14.4 Å². The molecule has 0 fully saturated rings. The number of Topliss-reactive ketones (excluding diaryl/α,β-unsaturated/α-hetero) is 1. The van der Waals surface area contributed by atoms with Gasteiger partial charge in [0.15, 0.2) is 5.78 Å².